The molecule has 0 spiro atoms. The molecule has 3 unspecified atom stereocenters. The summed E-state index contributed by atoms with van der Waals surface area (Å²) < 4.78 is 5.44. The lowest BCUT2D eigenvalue weighted by molar-refractivity contribution is -0.176. The summed E-state index contributed by atoms with van der Waals surface area (Å²) in [7, 11) is 0. The fourth-order valence-electron chi connectivity index (χ4n) is 4.90. The van der Waals surface area contributed by atoms with Crippen LogP contribution in [0, 0.1) is 0 Å². The van der Waals surface area contributed by atoms with E-state index in [-0.39, 0.29) is 38.3 Å². The molecule has 4 amide bonds. The SMILES string of the molecule is O=C(O)CC(NC(=O)C1CCCN2C(=O)CCC(NC(=O)c3ccccc3)C(=O)N12)C(=O)COCc1ccccc1Cl. The number of Topliss-reactive ketones (excluding diaryl/α,β-unsaturated/α-hetero) is 1. The third kappa shape index (κ3) is 7.51. The number of hydrogen-bond donors (Lipinski definition) is 3. The van der Waals surface area contributed by atoms with Crippen molar-refractivity contribution in [2.75, 3.05) is 13.2 Å². The molecule has 2 fully saturated rings. The van der Waals surface area contributed by atoms with Crippen LogP contribution in [0.1, 0.15) is 48.0 Å². The van der Waals surface area contributed by atoms with Gasteiger partial charge in [0.2, 0.25) is 11.8 Å². The first-order chi connectivity index (χ1) is 20.2. The second-order valence-corrected chi connectivity index (χ2v) is 10.4. The number of benzene rings is 2. The van der Waals surface area contributed by atoms with Crippen LogP contribution in [-0.4, -0.2) is 81.8 Å². The number of hydrogen-bond acceptors (Lipinski definition) is 7. The molecule has 2 aromatic carbocycles. The average molecular weight is 599 g/mol. The summed E-state index contributed by atoms with van der Waals surface area (Å²) >= 11 is 6.10. The minimum Gasteiger partial charge on any atom is -0.481 e. The highest BCUT2D eigenvalue weighted by atomic mass is 35.5. The number of ether oxygens (including phenoxy) is 1. The number of rotatable bonds is 11. The molecule has 0 aliphatic carbocycles. The van der Waals surface area contributed by atoms with Crippen molar-refractivity contribution in [2.45, 2.75) is 56.8 Å². The standard InChI is InChI=1S/C29H31ClN4O8/c30-20-10-5-4-9-19(20)16-42-17-24(35)22(15-26(37)38)32-28(40)23-11-6-14-33-25(36)13-12-21(29(41)34(23)33)31-27(39)18-7-2-1-3-8-18/h1-5,7-10,21-23H,6,11-17H2,(H,31,39)(H,32,40)(H,37,38). The molecule has 12 nitrogen and oxygen atoms in total. The van der Waals surface area contributed by atoms with Crippen LogP contribution in [-0.2, 0) is 35.3 Å². The highest BCUT2D eigenvalue weighted by Gasteiger charge is 2.45. The number of carboxylic acid groups (broad SMARTS) is 1. The van der Waals surface area contributed by atoms with Gasteiger partial charge in [-0.3, -0.25) is 33.8 Å². The number of carbonyl (C=O) groups excluding carboxylic acids is 5. The van der Waals surface area contributed by atoms with Gasteiger partial charge in [-0.15, -0.1) is 0 Å². The lowest BCUT2D eigenvalue weighted by Crippen LogP contribution is -2.64. The van der Waals surface area contributed by atoms with Crippen molar-refractivity contribution in [1.82, 2.24) is 20.7 Å². The zero-order valence-corrected chi connectivity index (χ0v) is 23.4. The van der Waals surface area contributed by atoms with Crippen molar-refractivity contribution in [3.05, 3.63) is 70.7 Å². The summed E-state index contributed by atoms with van der Waals surface area (Å²) in [4.78, 5) is 77.3. The maximum atomic E-state index is 13.7. The molecule has 222 valence electrons. The van der Waals surface area contributed by atoms with Gasteiger partial charge in [0.1, 0.15) is 24.7 Å². The van der Waals surface area contributed by atoms with Gasteiger partial charge in [0, 0.05) is 23.6 Å². The van der Waals surface area contributed by atoms with Crippen molar-refractivity contribution in [3.8, 4) is 0 Å². The smallest absolute Gasteiger partial charge is 0.305 e. The predicted octanol–water partition coefficient (Wildman–Crippen LogP) is 1.71. The van der Waals surface area contributed by atoms with Crippen molar-refractivity contribution in [2.24, 2.45) is 0 Å². The Hall–Kier alpha value is -4.29. The molecule has 2 aromatic rings. The molecule has 3 atom stereocenters. The first kappa shape index (κ1) is 30.7. The number of amides is 4. The summed E-state index contributed by atoms with van der Waals surface area (Å²) in [5.41, 5.74) is 0.962. The minimum atomic E-state index is -1.44. The Morgan fingerprint density at radius 2 is 1.74 bits per heavy atom. The Balaban J connectivity index is 1.46. The largest absolute Gasteiger partial charge is 0.481 e. The molecular weight excluding hydrogens is 568 g/mol. The van der Waals surface area contributed by atoms with Crippen molar-refractivity contribution >= 4 is 47.0 Å². The number of fused-ring (bicyclic) bond motifs is 1. The first-order valence-corrected chi connectivity index (χ1v) is 13.9. The van der Waals surface area contributed by atoms with E-state index in [1.54, 1.807) is 54.6 Å². The van der Waals surface area contributed by atoms with Gasteiger partial charge in [0.05, 0.1) is 13.0 Å². The number of hydrazine groups is 1. The van der Waals surface area contributed by atoms with Crippen LogP contribution in [0.5, 0.6) is 0 Å². The molecular formula is C29H31ClN4O8. The van der Waals surface area contributed by atoms with E-state index in [1.165, 1.54) is 5.01 Å². The molecule has 0 radical (unpaired) electrons. The second-order valence-electron chi connectivity index (χ2n) is 10.00. The normalized spacial score (nSPS) is 19.4. The third-order valence-electron chi connectivity index (χ3n) is 7.05. The average Bonchev–Trinajstić information content (AvgIpc) is 3.10. The van der Waals surface area contributed by atoms with Crippen LogP contribution in [0.3, 0.4) is 0 Å². The molecule has 0 aromatic heterocycles. The van der Waals surface area contributed by atoms with Crippen LogP contribution < -0.4 is 10.6 Å². The van der Waals surface area contributed by atoms with E-state index in [4.69, 9.17) is 16.3 Å². The van der Waals surface area contributed by atoms with Gasteiger partial charge >= 0.3 is 5.97 Å². The number of nitrogens with zero attached hydrogens (tertiary/aromatic N) is 2. The molecule has 2 heterocycles. The Bertz CT molecular complexity index is 1350. The monoisotopic (exact) mass is 598 g/mol. The van der Waals surface area contributed by atoms with Crippen LogP contribution in [0.15, 0.2) is 54.6 Å². The quantitative estimate of drug-likeness (QED) is 0.352. The van der Waals surface area contributed by atoms with Crippen molar-refractivity contribution < 1.29 is 38.6 Å². The topological polar surface area (TPSA) is 162 Å². The van der Waals surface area contributed by atoms with E-state index in [0.717, 1.165) is 5.01 Å². The Labute approximate surface area is 246 Å². The Morgan fingerprint density at radius 1 is 1.02 bits per heavy atom. The van der Waals surface area contributed by atoms with Crippen LogP contribution in [0.4, 0.5) is 0 Å². The fourth-order valence-corrected chi connectivity index (χ4v) is 5.09. The van der Waals surface area contributed by atoms with E-state index in [2.05, 4.69) is 10.6 Å². The Morgan fingerprint density at radius 3 is 2.45 bits per heavy atom. The minimum absolute atomic E-state index is 0.00276. The van der Waals surface area contributed by atoms with Gasteiger partial charge < -0.3 is 20.5 Å². The number of carboxylic acids is 1. The molecule has 4 rings (SSSR count). The molecule has 3 N–H and O–H groups in total. The van der Waals surface area contributed by atoms with Crippen molar-refractivity contribution in [3.63, 3.8) is 0 Å². The number of nitrogens with one attached hydrogen (secondary N) is 2. The van der Waals surface area contributed by atoms with Gasteiger partial charge in [-0.2, -0.15) is 0 Å². The lowest BCUT2D eigenvalue weighted by Gasteiger charge is -2.43. The van der Waals surface area contributed by atoms with E-state index in [1.807, 2.05) is 0 Å². The zero-order valence-electron chi connectivity index (χ0n) is 22.7. The summed E-state index contributed by atoms with van der Waals surface area (Å²) in [5.74, 6) is -4.33. The predicted molar refractivity (Wildman–Crippen MR) is 149 cm³/mol. The Kier molecular flexibility index (Phi) is 10.3. The zero-order chi connectivity index (χ0) is 30.2. The molecule has 2 aliphatic heterocycles. The third-order valence-corrected chi connectivity index (χ3v) is 7.42. The molecule has 2 aliphatic rings. The maximum Gasteiger partial charge on any atom is 0.305 e. The molecule has 42 heavy (non-hydrogen) atoms. The lowest BCUT2D eigenvalue weighted by atomic mass is 10.0. The first-order valence-electron chi connectivity index (χ1n) is 13.5. The van der Waals surface area contributed by atoms with Crippen LogP contribution in [0.2, 0.25) is 5.02 Å². The highest BCUT2D eigenvalue weighted by molar-refractivity contribution is 6.31. The summed E-state index contributed by atoms with van der Waals surface area (Å²) in [6.07, 6.45) is -0.135. The molecule has 0 bridgehead atoms. The van der Waals surface area contributed by atoms with Crippen LogP contribution >= 0.6 is 11.6 Å². The van der Waals surface area contributed by atoms with Gasteiger partial charge in [0.25, 0.3) is 11.8 Å². The molecule has 13 heteroatoms. The van der Waals surface area contributed by atoms with Gasteiger partial charge in [-0.25, -0.2) is 5.01 Å². The molecule has 0 saturated carbocycles. The highest BCUT2D eigenvalue weighted by Crippen LogP contribution is 2.25. The van der Waals surface area contributed by atoms with E-state index >= 15 is 0 Å². The second kappa shape index (κ2) is 14.1. The molecule has 2 saturated heterocycles. The number of halogens is 1. The van der Waals surface area contributed by atoms with Gasteiger partial charge in [-0.1, -0.05) is 48.0 Å². The van der Waals surface area contributed by atoms with Gasteiger partial charge in [0.15, 0.2) is 5.78 Å². The summed E-state index contributed by atoms with van der Waals surface area (Å²) in [6.45, 7) is -0.298. The van der Waals surface area contributed by atoms with Gasteiger partial charge in [-0.05, 0) is 43.0 Å². The number of ketones is 1. The summed E-state index contributed by atoms with van der Waals surface area (Å²) in [5, 5.41) is 17.2. The van der Waals surface area contributed by atoms with E-state index in [0.29, 0.717) is 22.6 Å². The van der Waals surface area contributed by atoms with E-state index in [9.17, 15) is 33.9 Å². The van der Waals surface area contributed by atoms with Crippen molar-refractivity contribution in [1.29, 1.82) is 0 Å². The van der Waals surface area contributed by atoms with Crippen LogP contribution in [0.25, 0.3) is 0 Å². The summed E-state index contributed by atoms with van der Waals surface area (Å²) in [6, 6.07) is 11.4. The van der Waals surface area contributed by atoms with E-state index < -0.39 is 60.6 Å². The number of carbonyl (C=O) groups is 6. The maximum absolute atomic E-state index is 13.7. The number of aliphatic carboxylic acids is 1. The fraction of sp³-hybridized carbons (Fsp3) is 0.379.